The van der Waals surface area contributed by atoms with Crippen molar-refractivity contribution in [1.29, 1.82) is 5.26 Å². The molecular weight excluding hydrogens is 366 g/mol. The lowest BCUT2D eigenvalue weighted by Crippen LogP contribution is -2.41. The predicted octanol–water partition coefficient (Wildman–Crippen LogP) is 4.06. The third-order valence-electron chi connectivity index (χ3n) is 4.19. The number of nitrogens with one attached hydrogen (secondary N) is 1. The summed E-state index contributed by atoms with van der Waals surface area (Å²) in [5, 5.41) is 11.7. The summed E-state index contributed by atoms with van der Waals surface area (Å²) < 4.78 is 37.3. The lowest BCUT2D eigenvalue weighted by atomic mass is 9.94. The fourth-order valence-corrected chi connectivity index (χ4v) is 2.64. The molecule has 0 aliphatic heterocycles. The van der Waals surface area contributed by atoms with E-state index in [1.54, 1.807) is 32.0 Å². The zero-order valence-corrected chi connectivity index (χ0v) is 16.0. The van der Waals surface area contributed by atoms with E-state index in [9.17, 15) is 13.6 Å². The van der Waals surface area contributed by atoms with Crippen LogP contribution in [-0.4, -0.2) is 19.6 Å². The summed E-state index contributed by atoms with van der Waals surface area (Å²) in [5.41, 5.74) is 0.0874. The van der Waals surface area contributed by atoms with Gasteiger partial charge in [0.25, 0.3) is 0 Å². The van der Waals surface area contributed by atoms with E-state index in [0.29, 0.717) is 29.0 Å². The Kier molecular flexibility index (Phi) is 6.94. The van der Waals surface area contributed by atoms with E-state index in [2.05, 4.69) is 5.32 Å². The van der Waals surface area contributed by atoms with Crippen molar-refractivity contribution >= 4 is 5.91 Å². The average molecular weight is 388 g/mol. The van der Waals surface area contributed by atoms with E-state index in [4.69, 9.17) is 14.7 Å². The van der Waals surface area contributed by atoms with Crippen molar-refractivity contribution in [1.82, 2.24) is 5.32 Å². The van der Waals surface area contributed by atoms with Crippen LogP contribution in [0.3, 0.4) is 0 Å². The van der Waals surface area contributed by atoms with Crippen molar-refractivity contribution in [3.63, 3.8) is 0 Å². The number of carbonyl (C=O) groups excluding carboxylic acids is 1. The molecule has 148 valence electrons. The average Bonchev–Trinajstić information content (AvgIpc) is 2.66. The molecule has 0 aliphatic carbocycles. The standard InChI is InChI=1S/C21H22F2N2O3/c1-21(2,15-7-8-16(22)17(23)12-15)25-20(26)5-4-10-28-18-9-6-14(13-24)11-19(18)27-3/h6-9,11-12H,4-5,10H2,1-3H3,(H,25,26). The first-order chi connectivity index (χ1) is 13.3. The molecule has 0 spiro atoms. The summed E-state index contributed by atoms with van der Waals surface area (Å²) in [7, 11) is 1.48. The van der Waals surface area contributed by atoms with Crippen LogP contribution < -0.4 is 14.8 Å². The van der Waals surface area contributed by atoms with Crippen LogP contribution in [0.2, 0.25) is 0 Å². The van der Waals surface area contributed by atoms with Crippen molar-refractivity contribution in [3.8, 4) is 17.6 Å². The van der Waals surface area contributed by atoms with Crippen LogP contribution in [0.4, 0.5) is 8.78 Å². The number of benzene rings is 2. The first-order valence-corrected chi connectivity index (χ1v) is 8.74. The summed E-state index contributed by atoms with van der Waals surface area (Å²) in [6.07, 6.45) is 0.647. The van der Waals surface area contributed by atoms with Gasteiger partial charge in [0.2, 0.25) is 5.91 Å². The zero-order valence-electron chi connectivity index (χ0n) is 16.0. The molecule has 1 N–H and O–H groups in total. The number of ether oxygens (including phenoxy) is 2. The number of methoxy groups -OCH3 is 1. The maximum atomic E-state index is 13.4. The van der Waals surface area contributed by atoms with Crippen LogP contribution in [0, 0.1) is 23.0 Å². The first kappa shape index (κ1) is 21.2. The normalized spacial score (nSPS) is 10.9. The van der Waals surface area contributed by atoms with Crippen LogP contribution in [-0.2, 0) is 10.3 Å². The van der Waals surface area contributed by atoms with E-state index < -0.39 is 17.2 Å². The maximum absolute atomic E-state index is 13.4. The smallest absolute Gasteiger partial charge is 0.220 e. The minimum atomic E-state index is -0.954. The molecule has 0 saturated carbocycles. The van der Waals surface area contributed by atoms with Gasteiger partial charge < -0.3 is 14.8 Å². The lowest BCUT2D eigenvalue weighted by Gasteiger charge is -2.27. The van der Waals surface area contributed by atoms with Gasteiger partial charge in [0.1, 0.15) is 0 Å². The molecule has 1 amide bonds. The number of carbonyl (C=O) groups is 1. The maximum Gasteiger partial charge on any atom is 0.220 e. The van der Waals surface area contributed by atoms with Crippen molar-refractivity contribution in [2.45, 2.75) is 32.2 Å². The molecule has 0 radical (unpaired) electrons. The molecule has 7 heteroatoms. The Morgan fingerprint density at radius 3 is 2.54 bits per heavy atom. The highest BCUT2D eigenvalue weighted by atomic mass is 19.2. The van der Waals surface area contributed by atoms with Crippen LogP contribution in [0.15, 0.2) is 36.4 Å². The van der Waals surface area contributed by atoms with Gasteiger partial charge in [0.05, 0.1) is 30.9 Å². The Bertz CT molecular complexity index is 892. The van der Waals surface area contributed by atoms with Crippen molar-refractivity contribution in [2.75, 3.05) is 13.7 Å². The molecule has 2 rings (SSSR count). The summed E-state index contributed by atoms with van der Waals surface area (Å²) in [5.74, 6) is -1.18. The molecule has 2 aromatic carbocycles. The summed E-state index contributed by atoms with van der Waals surface area (Å²) in [6.45, 7) is 3.71. The second-order valence-corrected chi connectivity index (χ2v) is 6.73. The van der Waals surface area contributed by atoms with Crippen molar-refractivity contribution in [3.05, 3.63) is 59.2 Å². The molecule has 0 heterocycles. The Balaban J connectivity index is 1.86. The van der Waals surface area contributed by atoms with Crippen LogP contribution in [0.5, 0.6) is 11.5 Å². The van der Waals surface area contributed by atoms with Gasteiger partial charge in [-0.25, -0.2) is 8.78 Å². The summed E-state index contributed by atoms with van der Waals surface area (Å²) in [6, 6.07) is 10.4. The monoisotopic (exact) mass is 388 g/mol. The Morgan fingerprint density at radius 2 is 1.89 bits per heavy atom. The van der Waals surface area contributed by atoms with Crippen LogP contribution in [0.25, 0.3) is 0 Å². The van der Waals surface area contributed by atoms with Gasteiger partial charge in [0.15, 0.2) is 23.1 Å². The number of hydrogen-bond donors (Lipinski definition) is 1. The highest BCUT2D eigenvalue weighted by Crippen LogP contribution is 2.28. The van der Waals surface area contributed by atoms with Gasteiger partial charge in [-0.15, -0.1) is 0 Å². The number of nitrogens with zero attached hydrogens (tertiary/aromatic N) is 1. The Morgan fingerprint density at radius 1 is 1.14 bits per heavy atom. The molecule has 0 unspecified atom stereocenters. The zero-order chi connectivity index (χ0) is 20.7. The van der Waals surface area contributed by atoms with Crippen LogP contribution >= 0.6 is 0 Å². The highest BCUT2D eigenvalue weighted by Gasteiger charge is 2.23. The summed E-state index contributed by atoms with van der Waals surface area (Å²) in [4.78, 5) is 12.2. The van der Waals surface area contributed by atoms with Crippen molar-refractivity contribution in [2.24, 2.45) is 0 Å². The van der Waals surface area contributed by atoms with Gasteiger partial charge in [-0.3, -0.25) is 4.79 Å². The number of amides is 1. The van der Waals surface area contributed by atoms with E-state index in [-0.39, 0.29) is 18.9 Å². The summed E-state index contributed by atoms with van der Waals surface area (Å²) >= 11 is 0. The Hall–Kier alpha value is -3.14. The van der Waals surface area contributed by atoms with Gasteiger partial charge in [-0.1, -0.05) is 6.07 Å². The van der Waals surface area contributed by atoms with Crippen molar-refractivity contribution < 1.29 is 23.0 Å². The topological polar surface area (TPSA) is 71.3 Å². The molecule has 0 atom stereocenters. The Labute approximate surface area is 162 Å². The second kappa shape index (κ2) is 9.18. The third-order valence-corrected chi connectivity index (χ3v) is 4.19. The minimum absolute atomic E-state index is 0.200. The predicted molar refractivity (Wildman–Crippen MR) is 100.0 cm³/mol. The molecule has 28 heavy (non-hydrogen) atoms. The van der Waals surface area contributed by atoms with Gasteiger partial charge in [0, 0.05) is 12.5 Å². The molecule has 5 nitrogen and oxygen atoms in total. The first-order valence-electron chi connectivity index (χ1n) is 8.74. The van der Waals surface area contributed by atoms with Crippen LogP contribution in [0.1, 0.15) is 37.8 Å². The van der Waals surface area contributed by atoms with E-state index in [0.717, 1.165) is 12.1 Å². The molecule has 0 bridgehead atoms. The van der Waals surface area contributed by atoms with E-state index >= 15 is 0 Å². The largest absolute Gasteiger partial charge is 0.493 e. The SMILES string of the molecule is COc1cc(C#N)ccc1OCCCC(=O)NC(C)(C)c1ccc(F)c(F)c1. The molecule has 2 aromatic rings. The fraction of sp³-hybridized carbons (Fsp3) is 0.333. The highest BCUT2D eigenvalue weighted by molar-refractivity contribution is 5.76. The molecule has 0 aliphatic rings. The van der Waals surface area contributed by atoms with Gasteiger partial charge in [-0.2, -0.15) is 5.26 Å². The second-order valence-electron chi connectivity index (χ2n) is 6.73. The fourth-order valence-electron chi connectivity index (χ4n) is 2.64. The quantitative estimate of drug-likeness (QED) is 0.693. The van der Waals surface area contributed by atoms with Gasteiger partial charge >= 0.3 is 0 Å². The molecule has 0 fully saturated rings. The number of hydrogen-bond acceptors (Lipinski definition) is 4. The minimum Gasteiger partial charge on any atom is -0.493 e. The molecule has 0 aromatic heterocycles. The molecule has 0 saturated heterocycles. The number of halogens is 2. The van der Waals surface area contributed by atoms with E-state index in [1.807, 2.05) is 6.07 Å². The molecular formula is C21H22F2N2O3. The third kappa shape index (κ3) is 5.43. The number of rotatable bonds is 8. The van der Waals surface area contributed by atoms with E-state index in [1.165, 1.54) is 13.2 Å². The lowest BCUT2D eigenvalue weighted by molar-refractivity contribution is -0.123. The number of nitriles is 1. The van der Waals surface area contributed by atoms with Gasteiger partial charge in [-0.05, 0) is 50.1 Å².